The van der Waals surface area contributed by atoms with Crippen molar-refractivity contribution in [3.8, 4) is 5.75 Å². The van der Waals surface area contributed by atoms with Crippen molar-refractivity contribution in [2.24, 2.45) is 0 Å². The summed E-state index contributed by atoms with van der Waals surface area (Å²) in [7, 11) is -2.75. The molecule has 0 radical (unpaired) electrons. The predicted molar refractivity (Wildman–Crippen MR) is 175 cm³/mol. The lowest BCUT2D eigenvalue weighted by Crippen LogP contribution is -2.52. The van der Waals surface area contributed by atoms with Crippen molar-refractivity contribution in [3.63, 3.8) is 0 Å². The van der Waals surface area contributed by atoms with Crippen molar-refractivity contribution in [3.05, 3.63) is 86.3 Å². The summed E-state index contributed by atoms with van der Waals surface area (Å²) in [4.78, 5) is 28.9. The number of rotatable bonds is 14. The Morgan fingerprint density at radius 2 is 1.70 bits per heavy atom. The van der Waals surface area contributed by atoms with Gasteiger partial charge in [-0.15, -0.1) is 0 Å². The lowest BCUT2D eigenvalue weighted by Gasteiger charge is -2.33. The zero-order valence-corrected chi connectivity index (χ0v) is 28.5. The number of carbonyl (C=O) groups excluding carboxylic acids is 2. The van der Waals surface area contributed by atoms with Crippen molar-refractivity contribution < 1.29 is 22.7 Å². The summed E-state index contributed by atoms with van der Waals surface area (Å²) in [5, 5.41) is 3.57. The molecule has 0 aliphatic carbocycles. The molecule has 1 atom stereocenters. The van der Waals surface area contributed by atoms with Crippen LogP contribution in [0.15, 0.2) is 70.0 Å². The van der Waals surface area contributed by atoms with E-state index in [1.54, 1.807) is 42.5 Å². The van der Waals surface area contributed by atoms with Gasteiger partial charge < -0.3 is 15.0 Å². The van der Waals surface area contributed by atoms with Gasteiger partial charge in [-0.3, -0.25) is 13.9 Å². The van der Waals surface area contributed by atoms with E-state index < -0.39 is 28.5 Å². The first-order valence-electron chi connectivity index (χ1n) is 13.9. The number of hydrogen-bond donors (Lipinski definition) is 1. The molecule has 3 aromatic rings. The van der Waals surface area contributed by atoms with E-state index in [1.165, 1.54) is 30.2 Å². The van der Waals surface area contributed by atoms with Crippen LogP contribution in [-0.4, -0.2) is 51.4 Å². The van der Waals surface area contributed by atoms with Crippen LogP contribution in [0.4, 0.5) is 5.69 Å². The summed E-state index contributed by atoms with van der Waals surface area (Å²) < 4.78 is 35.0. The average Bonchev–Trinajstić information content (AvgIpc) is 2.98. The number of anilines is 1. The third-order valence-corrected chi connectivity index (χ3v) is 9.99. The van der Waals surface area contributed by atoms with E-state index in [2.05, 4.69) is 21.2 Å². The summed E-state index contributed by atoms with van der Waals surface area (Å²) in [6.45, 7) is 5.65. The molecular weight excluding hydrogens is 677 g/mol. The highest BCUT2D eigenvalue weighted by Crippen LogP contribution is 2.31. The molecule has 232 valence electrons. The molecule has 0 unspecified atom stereocenters. The van der Waals surface area contributed by atoms with Crippen LogP contribution >= 0.6 is 39.1 Å². The lowest BCUT2D eigenvalue weighted by atomic mass is 10.1. The number of nitrogens with one attached hydrogen (secondary N) is 1. The summed E-state index contributed by atoms with van der Waals surface area (Å²) in [5.74, 6) is -0.405. The van der Waals surface area contributed by atoms with Gasteiger partial charge in [-0.05, 0) is 83.7 Å². The smallest absolute Gasteiger partial charge is 0.264 e. The van der Waals surface area contributed by atoms with E-state index in [1.807, 2.05) is 20.8 Å². The third-order valence-electron chi connectivity index (χ3n) is 6.86. The molecule has 3 rings (SSSR count). The molecule has 0 saturated carbocycles. The molecule has 3 aromatic carbocycles. The number of hydrogen-bond acceptors (Lipinski definition) is 5. The van der Waals surface area contributed by atoms with Gasteiger partial charge in [-0.25, -0.2) is 8.42 Å². The summed E-state index contributed by atoms with van der Waals surface area (Å²) in [6, 6.07) is 15.4. The maximum atomic E-state index is 14.2. The minimum absolute atomic E-state index is 0.0191. The van der Waals surface area contributed by atoms with E-state index in [9.17, 15) is 18.0 Å². The fourth-order valence-electron chi connectivity index (χ4n) is 4.43. The fourth-order valence-corrected chi connectivity index (χ4v) is 6.89. The highest BCUT2D eigenvalue weighted by Gasteiger charge is 2.34. The number of ether oxygens (including phenoxy) is 1. The Morgan fingerprint density at radius 3 is 2.28 bits per heavy atom. The fraction of sp³-hybridized carbons (Fsp3) is 0.355. The highest BCUT2D eigenvalue weighted by molar-refractivity contribution is 9.10. The van der Waals surface area contributed by atoms with Crippen molar-refractivity contribution in [2.75, 3.05) is 24.5 Å². The molecule has 1 N–H and O–H groups in total. The zero-order chi connectivity index (χ0) is 31.7. The first-order chi connectivity index (χ1) is 20.4. The molecule has 0 saturated heterocycles. The van der Waals surface area contributed by atoms with Crippen LogP contribution in [0.3, 0.4) is 0 Å². The van der Waals surface area contributed by atoms with Gasteiger partial charge >= 0.3 is 0 Å². The first-order valence-corrected chi connectivity index (χ1v) is 16.9. The van der Waals surface area contributed by atoms with Crippen molar-refractivity contribution >= 4 is 66.7 Å². The molecule has 0 heterocycles. The van der Waals surface area contributed by atoms with Crippen LogP contribution in [-0.2, 0) is 26.2 Å². The predicted octanol–water partition coefficient (Wildman–Crippen LogP) is 6.99. The molecule has 0 bridgehead atoms. The van der Waals surface area contributed by atoms with Gasteiger partial charge in [-0.2, -0.15) is 0 Å². The Bertz CT molecular complexity index is 1540. The van der Waals surface area contributed by atoms with Crippen LogP contribution < -0.4 is 14.4 Å². The van der Waals surface area contributed by atoms with Gasteiger partial charge in [0.2, 0.25) is 11.8 Å². The molecule has 0 fully saturated rings. The molecular formula is C31H36BrCl2N3O5S. The molecule has 43 heavy (non-hydrogen) atoms. The Morgan fingerprint density at radius 1 is 1.00 bits per heavy atom. The maximum Gasteiger partial charge on any atom is 0.264 e. The Labute approximate surface area is 272 Å². The SMILES string of the molecule is CCCCNC(=O)[C@@H](CC)N(Cc1ccc(Cl)c(Cl)c1)C(=O)CN(c1ccc(C)cc1)S(=O)(=O)c1ccc(OC)c(Br)c1. The van der Waals surface area contributed by atoms with Crippen LogP contribution in [0.5, 0.6) is 5.75 Å². The van der Waals surface area contributed by atoms with Gasteiger partial charge in [-0.1, -0.05) is 67.2 Å². The number of aryl methyl sites for hydroxylation is 1. The number of methoxy groups -OCH3 is 1. The van der Waals surface area contributed by atoms with Crippen LogP contribution in [0.25, 0.3) is 0 Å². The lowest BCUT2D eigenvalue weighted by molar-refractivity contribution is -0.140. The second-order valence-electron chi connectivity index (χ2n) is 9.98. The quantitative estimate of drug-likeness (QED) is 0.182. The Hall–Kier alpha value is -2.79. The second-order valence-corrected chi connectivity index (χ2v) is 13.5. The third kappa shape index (κ3) is 8.88. The summed E-state index contributed by atoms with van der Waals surface area (Å²) in [6.07, 6.45) is 2.00. The molecule has 8 nitrogen and oxygen atoms in total. The second kappa shape index (κ2) is 15.8. The molecule has 2 amide bonds. The highest BCUT2D eigenvalue weighted by atomic mass is 79.9. The topological polar surface area (TPSA) is 96.0 Å². The standard InChI is InChI=1S/C31H36BrCl2N3O5S/c1-5-7-16-35-31(39)28(6-2)36(19-22-10-14-26(33)27(34)17-22)30(38)20-37(23-11-8-21(3)9-12-23)43(40,41)24-13-15-29(42-4)25(32)18-24/h8-15,17-18,28H,5-7,16,19-20H2,1-4H3,(H,35,39)/t28-/m1/s1. The summed E-state index contributed by atoms with van der Waals surface area (Å²) in [5.41, 5.74) is 1.88. The van der Waals surface area contributed by atoms with E-state index in [0.29, 0.717) is 44.5 Å². The number of amides is 2. The zero-order valence-electron chi connectivity index (χ0n) is 24.6. The van der Waals surface area contributed by atoms with Crippen molar-refractivity contribution in [1.29, 1.82) is 0 Å². The van der Waals surface area contributed by atoms with Gasteiger partial charge in [0.05, 0.1) is 32.2 Å². The average molecular weight is 714 g/mol. The van der Waals surface area contributed by atoms with Crippen LogP contribution in [0.2, 0.25) is 10.0 Å². The van der Waals surface area contributed by atoms with Gasteiger partial charge in [0, 0.05) is 13.1 Å². The number of benzene rings is 3. The minimum Gasteiger partial charge on any atom is -0.496 e. The van der Waals surface area contributed by atoms with Crippen LogP contribution in [0, 0.1) is 6.92 Å². The van der Waals surface area contributed by atoms with Gasteiger partial charge in [0.25, 0.3) is 10.0 Å². The number of carbonyl (C=O) groups is 2. The van der Waals surface area contributed by atoms with E-state index in [-0.39, 0.29) is 17.3 Å². The van der Waals surface area contributed by atoms with Gasteiger partial charge in [0.1, 0.15) is 18.3 Å². The number of nitrogens with zero attached hydrogens (tertiary/aromatic N) is 2. The summed E-state index contributed by atoms with van der Waals surface area (Å²) >= 11 is 15.7. The Balaban J connectivity index is 2.07. The van der Waals surface area contributed by atoms with E-state index >= 15 is 0 Å². The Kier molecular flexibility index (Phi) is 12.7. The molecule has 12 heteroatoms. The molecule has 0 aromatic heterocycles. The van der Waals surface area contributed by atoms with Gasteiger partial charge in [0.15, 0.2) is 0 Å². The molecule has 0 aliphatic heterocycles. The normalized spacial score (nSPS) is 12.0. The number of halogens is 3. The number of sulfonamides is 1. The van der Waals surface area contributed by atoms with E-state index in [0.717, 1.165) is 22.7 Å². The molecule has 0 spiro atoms. The largest absolute Gasteiger partial charge is 0.496 e. The molecule has 0 aliphatic rings. The first kappa shape index (κ1) is 34.7. The monoisotopic (exact) mass is 711 g/mol. The number of unbranched alkanes of at least 4 members (excludes halogenated alkanes) is 1. The minimum atomic E-state index is -4.24. The van der Waals surface area contributed by atoms with Crippen molar-refractivity contribution in [2.45, 2.75) is 57.5 Å². The van der Waals surface area contributed by atoms with Crippen molar-refractivity contribution in [1.82, 2.24) is 10.2 Å². The van der Waals surface area contributed by atoms with E-state index in [4.69, 9.17) is 27.9 Å². The van der Waals surface area contributed by atoms with Crippen LogP contribution in [0.1, 0.15) is 44.2 Å². The maximum absolute atomic E-state index is 14.2.